The molecule has 2 N–H and O–H groups in total. The number of nitrogens with two attached hydrogens (primary N) is 1. The van der Waals surface area contributed by atoms with Crippen LogP contribution in [0.15, 0.2) is 30.3 Å². The summed E-state index contributed by atoms with van der Waals surface area (Å²) in [7, 11) is 0. The van der Waals surface area contributed by atoms with E-state index in [1.54, 1.807) is 11.8 Å². The number of rotatable bonds is 7. The van der Waals surface area contributed by atoms with Crippen LogP contribution >= 0.6 is 0 Å². The van der Waals surface area contributed by atoms with Crippen molar-refractivity contribution in [3.8, 4) is 0 Å². The molecule has 1 aliphatic rings. The van der Waals surface area contributed by atoms with Gasteiger partial charge in [0.25, 0.3) is 0 Å². The molecular formula is C19H28F3N3O. The van der Waals surface area contributed by atoms with Crippen LogP contribution in [0.3, 0.4) is 0 Å². The van der Waals surface area contributed by atoms with Gasteiger partial charge in [-0.15, -0.1) is 0 Å². The minimum Gasteiger partial charge on any atom is -0.342 e. The normalized spacial score (nSPS) is 20.4. The van der Waals surface area contributed by atoms with E-state index in [0.717, 1.165) is 12.0 Å². The molecule has 146 valence electrons. The van der Waals surface area contributed by atoms with E-state index in [1.807, 2.05) is 37.3 Å². The van der Waals surface area contributed by atoms with Gasteiger partial charge >= 0.3 is 6.18 Å². The van der Waals surface area contributed by atoms with Crippen molar-refractivity contribution in [1.29, 1.82) is 0 Å². The van der Waals surface area contributed by atoms with Gasteiger partial charge < -0.3 is 10.6 Å². The molecule has 0 aliphatic carbocycles. The highest BCUT2D eigenvalue weighted by Gasteiger charge is 2.35. The summed E-state index contributed by atoms with van der Waals surface area (Å²) in [5, 5.41) is 0. The number of benzene rings is 1. The molecule has 1 aromatic carbocycles. The fourth-order valence-electron chi connectivity index (χ4n) is 3.51. The molecule has 0 aromatic heterocycles. The molecule has 0 radical (unpaired) electrons. The number of hydrogen-bond donors (Lipinski definition) is 1. The van der Waals surface area contributed by atoms with E-state index in [1.165, 1.54) is 4.90 Å². The van der Waals surface area contributed by atoms with Gasteiger partial charge in [-0.1, -0.05) is 44.2 Å². The third kappa shape index (κ3) is 5.71. The molecular weight excluding hydrogens is 343 g/mol. The van der Waals surface area contributed by atoms with Gasteiger partial charge in [0.1, 0.15) is 0 Å². The number of hydrogen-bond acceptors (Lipinski definition) is 3. The standard InChI is InChI=1S/C19H28F3N3O/c1-3-24(13-19(20,21)22)11-15-9-10-25(12-15)18(26)14(2)17(23)16-7-5-4-6-8-16/h4-8,14-15,17H,3,9-13,23H2,1-2H3. The molecule has 1 amide bonds. The Bertz CT molecular complexity index is 579. The Hall–Kier alpha value is -1.60. The van der Waals surface area contributed by atoms with Crippen LogP contribution in [0.2, 0.25) is 0 Å². The summed E-state index contributed by atoms with van der Waals surface area (Å²) < 4.78 is 37.8. The number of carbonyl (C=O) groups excluding carboxylic acids is 1. The molecule has 3 unspecified atom stereocenters. The van der Waals surface area contributed by atoms with E-state index in [9.17, 15) is 18.0 Å². The van der Waals surface area contributed by atoms with Gasteiger partial charge in [-0.2, -0.15) is 13.2 Å². The maximum atomic E-state index is 12.7. The molecule has 4 nitrogen and oxygen atoms in total. The van der Waals surface area contributed by atoms with Crippen molar-refractivity contribution in [1.82, 2.24) is 9.80 Å². The van der Waals surface area contributed by atoms with E-state index < -0.39 is 12.7 Å². The lowest BCUT2D eigenvalue weighted by Crippen LogP contribution is -2.40. The van der Waals surface area contributed by atoms with Crippen molar-refractivity contribution in [3.63, 3.8) is 0 Å². The molecule has 3 atom stereocenters. The smallest absolute Gasteiger partial charge is 0.342 e. The van der Waals surface area contributed by atoms with Gasteiger partial charge in [-0.05, 0) is 24.4 Å². The molecule has 0 bridgehead atoms. The Labute approximate surface area is 153 Å². The molecule has 26 heavy (non-hydrogen) atoms. The fourth-order valence-corrected chi connectivity index (χ4v) is 3.51. The first-order valence-electron chi connectivity index (χ1n) is 9.09. The van der Waals surface area contributed by atoms with Crippen LogP contribution in [-0.2, 0) is 4.79 Å². The first-order chi connectivity index (χ1) is 12.2. The van der Waals surface area contributed by atoms with Crippen LogP contribution in [0.4, 0.5) is 13.2 Å². The number of likely N-dealkylation sites (tertiary alicyclic amines) is 1. The van der Waals surface area contributed by atoms with Crippen molar-refractivity contribution in [2.45, 2.75) is 32.5 Å². The third-order valence-electron chi connectivity index (χ3n) is 5.08. The van der Waals surface area contributed by atoms with Crippen LogP contribution in [0.25, 0.3) is 0 Å². The first-order valence-corrected chi connectivity index (χ1v) is 9.09. The highest BCUT2D eigenvalue weighted by molar-refractivity contribution is 5.79. The molecule has 1 aliphatic heterocycles. The summed E-state index contributed by atoms with van der Waals surface area (Å²) in [6.45, 7) is 4.43. The van der Waals surface area contributed by atoms with Crippen LogP contribution < -0.4 is 5.73 Å². The summed E-state index contributed by atoms with van der Waals surface area (Å²) in [6.07, 6.45) is -3.46. The predicted molar refractivity (Wildman–Crippen MR) is 95.4 cm³/mol. The summed E-state index contributed by atoms with van der Waals surface area (Å²) >= 11 is 0. The van der Waals surface area contributed by atoms with Crippen LogP contribution in [-0.4, -0.2) is 54.6 Å². The van der Waals surface area contributed by atoms with Crippen molar-refractivity contribution in [2.24, 2.45) is 17.6 Å². The summed E-state index contributed by atoms with van der Waals surface area (Å²) in [6, 6.07) is 9.08. The second-order valence-corrected chi connectivity index (χ2v) is 7.11. The summed E-state index contributed by atoms with van der Waals surface area (Å²) in [5.41, 5.74) is 7.14. The minimum absolute atomic E-state index is 0.0253. The highest BCUT2D eigenvalue weighted by atomic mass is 19.4. The third-order valence-corrected chi connectivity index (χ3v) is 5.08. The fraction of sp³-hybridized carbons (Fsp3) is 0.632. The molecule has 7 heteroatoms. The predicted octanol–water partition coefficient (Wildman–Crippen LogP) is 3.06. The SMILES string of the molecule is CCN(CC1CCN(C(=O)C(C)C(N)c2ccccc2)C1)CC(F)(F)F. The highest BCUT2D eigenvalue weighted by Crippen LogP contribution is 2.26. The second kappa shape index (κ2) is 8.86. The zero-order valence-electron chi connectivity index (χ0n) is 15.4. The molecule has 1 heterocycles. The van der Waals surface area contributed by atoms with Crippen molar-refractivity contribution in [2.75, 3.05) is 32.7 Å². The lowest BCUT2D eigenvalue weighted by molar-refractivity contribution is -0.147. The van der Waals surface area contributed by atoms with Gasteiger partial charge in [0, 0.05) is 25.7 Å². The first kappa shape index (κ1) is 20.7. The molecule has 2 rings (SSSR count). The number of nitrogens with zero attached hydrogens (tertiary/aromatic N) is 2. The second-order valence-electron chi connectivity index (χ2n) is 7.11. The van der Waals surface area contributed by atoms with E-state index >= 15 is 0 Å². The van der Waals surface area contributed by atoms with E-state index in [2.05, 4.69) is 0 Å². The van der Waals surface area contributed by atoms with Crippen LogP contribution in [0, 0.1) is 11.8 Å². The number of alkyl halides is 3. The lowest BCUT2D eigenvalue weighted by Gasteiger charge is -2.27. The zero-order valence-corrected chi connectivity index (χ0v) is 15.4. The topological polar surface area (TPSA) is 49.6 Å². The molecule has 0 saturated carbocycles. The maximum absolute atomic E-state index is 12.7. The van der Waals surface area contributed by atoms with Crippen molar-refractivity contribution in [3.05, 3.63) is 35.9 Å². The minimum atomic E-state index is -4.19. The number of halogens is 3. The number of carbonyl (C=O) groups is 1. The Kier molecular flexibility index (Phi) is 7.06. The van der Waals surface area contributed by atoms with Crippen LogP contribution in [0.1, 0.15) is 31.9 Å². The van der Waals surface area contributed by atoms with Crippen molar-refractivity contribution >= 4 is 5.91 Å². The van der Waals surface area contributed by atoms with E-state index in [-0.39, 0.29) is 23.8 Å². The summed E-state index contributed by atoms with van der Waals surface area (Å²) in [4.78, 5) is 15.9. The maximum Gasteiger partial charge on any atom is 0.401 e. The van der Waals surface area contributed by atoms with Crippen LogP contribution in [0.5, 0.6) is 0 Å². The van der Waals surface area contributed by atoms with Gasteiger partial charge in [-0.25, -0.2) is 0 Å². The Morgan fingerprint density at radius 3 is 2.58 bits per heavy atom. The molecule has 1 saturated heterocycles. The molecule has 1 fully saturated rings. The van der Waals surface area contributed by atoms with Crippen molar-refractivity contribution < 1.29 is 18.0 Å². The average Bonchev–Trinajstić information content (AvgIpc) is 3.07. The number of amides is 1. The van der Waals surface area contributed by atoms with Gasteiger partial charge in [0.05, 0.1) is 12.5 Å². The van der Waals surface area contributed by atoms with Gasteiger partial charge in [0.15, 0.2) is 0 Å². The quantitative estimate of drug-likeness (QED) is 0.801. The lowest BCUT2D eigenvalue weighted by atomic mass is 9.94. The van der Waals surface area contributed by atoms with Gasteiger partial charge in [0.2, 0.25) is 5.91 Å². The van der Waals surface area contributed by atoms with E-state index in [4.69, 9.17) is 5.73 Å². The van der Waals surface area contributed by atoms with Gasteiger partial charge in [-0.3, -0.25) is 9.69 Å². The largest absolute Gasteiger partial charge is 0.401 e. The zero-order chi connectivity index (χ0) is 19.3. The summed E-state index contributed by atoms with van der Waals surface area (Å²) in [5.74, 6) is -0.322. The average molecular weight is 371 g/mol. The molecule has 0 spiro atoms. The monoisotopic (exact) mass is 371 g/mol. The van der Waals surface area contributed by atoms with E-state index in [0.29, 0.717) is 26.2 Å². The Balaban J connectivity index is 1.90. The Morgan fingerprint density at radius 1 is 1.35 bits per heavy atom. The Morgan fingerprint density at radius 2 is 2.00 bits per heavy atom. The molecule has 1 aromatic rings.